The van der Waals surface area contributed by atoms with Gasteiger partial charge in [-0.2, -0.15) is 0 Å². The predicted molar refractivity (Wildman–Crippen MR) is 74.2 cm³/mol. The molecule has 0 atom stereocenters. The molecular formula is C13H19BrN2O. The van der Waals surface area contributed by atoms with Crippen LogP contribution in [0.25, 0.3) is 0 Å². The molecule has 0 fully saturated rings. The van der Waals surface area contributed by atoms with Crippen molar-refractivity contribution in [2.24, 2.45) is 0 Å². The maximum atomic E-state index is 5.62. The van der Waals surface area contributed by atoms with Crippen LogP contribution < -0.4 is 10.1 Å². The van der Waals surface area contributed by atoms with Crippen LogP contribution in [0.3, 0.4) is 0 Å². The zero-order valence-corrected chi connectivity index (χ0v) is 12.0. The van der Waals surface area contributed by atoms with Crippen LogP contribution in [-0.4, -0.2) is 17.6 Å². The molecule has 1 aromatic heterocycles. The molecule has 0 aliphatic heterocycles. The van der Waals surface area contributed by atoms with E-state index in [-0.39, 0.29) is 0 Å². The second-order valence-electron chi connectivity index (χ2n) is 4.08. The quantitative estimate of drug-likeness (QED) is 0.619. The topological polar surface area (TPSA) is 34.1 Å². The van der Waals surface area contributed by atoms with E-state index in [9.17, 15) is 0 Å². The van der Waals surface area contributed by atoms with Crippen molar-refractivity contribution in [3.63, 3.8) is 0 Å². The van der Waals surface area contributed by atoms with E-state index < -0.39 is 0 Å². The Morgan fingerprint density at radius 1 is 1.59 bits per heavy atom. The van der Waals surface area contributed by atoms with Gasteiger partial charge in [0.25, 0.3) is 0 Å². The molecule has 0 unspecified atom stereocenters. The van der Waals surface area contributed by atoms with Crippen LogP contribution in [0.1, 0.15) is 25.8 Å². The fourth-order valence-corrected chi connectivity index (χ4v) is 1.66. The molecule has 0 aromatic carbocycles. The van der Waals surface area contributed by atoms with E-state index in [4.69, 9.17) is 4.74 Å². The smallest absolute Gasteiger partial charge is 0.217 e. The van der Waals surface area contributed by atoms with Crippen molar-refractivity contribution in [3.8, 4) is 5.88 Å². The molecule has 17 heavy (non-hydrogen) atoms. The van der Waals surface area contributed by atoms with Gasteiger partial charge >= 0.3 is 0 Å². The Balaban J connectivity index is 2.69. The Morgan fingerprint density at radius 2 is 2.35 bits per heavy atom. The summed E-state index contributed by atoms with van der Waals surface area (Å²) in [5, 5.41) is 3.36. The first kappa shape index (κ1) is 14.2. The number of halogens is 1. The van der Waals surface area contributed by atoms with Crippen LogP contribution in [0, 0.1) is 0 Å². The van der Waals surface area contributed by atoms with Crippen molar-refractivity contribution < 1.29 is 4.74 Å². The number of nitrogens with one attached hydrogen (secondary N) is 1. The van der Waals surface area contributed by atoms with E-state index in [1.165, 1.54) is 0 Å². The van der Waals surface area contributed by atoms with Gasteiger partial charge in [-0.3, -0.25) is 0 Å². The summed E-state index contributed by atoms with van der Waals surface area (Å²) in [7, 11) is 0. The third-order valence-electron chi connectivity index (χ3n) is 2.15. The Labute approximate surface area is 111 Å². The van der Waals surface area contributed by atoms with E-state index in [0.717, 1.165) is 23.0 Å². The molecule has 1 heterocycles. The number of nitrogens with zero attached hydrogens (tertiary/aromatic N) is 1. The lowest BCUT2D eigenvalue weighted by Gasteiger charge is -2.12. The van der Waals surface area contributed by atoms with Crippen molar-refractivity contribution >= 4 is 15.9 Å². The molecule has 1 N–H and O–H groups in total. The molecule has 0 amide bonds. The van der Waals surface area contributed by atoms with E-state index >= 15 is 0 Å². The van der Waals surface area contributed by atoms with Crippen LogP contribution in [0.4, 0.5) is 0 Å². The number of aromatic nitrogens is 1. The maximum Gasteiger partial charge on any atom is 0.217 e. The molecule has 0 spiro atoms. The summed E-state index contributed by atoms with van der Waals surface area (Å²) in [6.45, 7) is 9.27. The van der Waals surface area contributed by atoms with Gasteiger partial charge in [0, 0.05) is 28.8 Å². The van der Waals surface area contributed by atoms with Gasteiger partial charge in [0.2, 0.25) is 5.88 Å². The van der Waals surface area contributed by atoms with Gasteiger partial charge in [0.1, 0.15) is 0 Å². The molecule has 1 aromatic rings. The molecule has 4 heteroatoms. The summed E-state index contributed by atoms with van der Waals surface area (Å²) in [4.78, 5) is 4.28. The van der Waals surface area contributed by atoms with Gasteiger partial charge in [-0.25, -0.2) is 4.98 Å². The second kappa shape index (κ2) is 7.45. The Morgan fingerprint density at radius 3 is 3.00 bits per heavy atom. The molecule has 94 valence electrons. The number of ether oxygens (including phenoxy) is 1. The minimum atomic E-state index is 0.440. The summed E-state index contributed by atoms with van der Waals surface area (Å²) < 4.78 is 6.59. The zero-order chi connectivity index (χ0) is 12.7. The molecule has 0 saturated heterocycles. The molecule has 0 aliphatic rings. The van der Waals surface area contributed by atoms with Gasteiger partial charge in [-0.15, -0.1) is 6.58 Å². The van der Waals surface area contributed by atoms with Crippen molar-refractivity contribution in [3.05, 3.63) is 35.0 Å². The lowest BCUT2D eigenvalue weighted by Crippen LogP contribution is -2.22. The molecule has 0 aliphatic carbocycles. The van der Waals surface area contributed by atoms with Crippen LogP contribution >= 0.6 is 15.9 Å². The highest BCUT2D eigenvalue weighted by Crippen LogP contribution is 2.20. The number of hydrogen-bond donors (Lipinski definition) is 1. The normalized spacial score (nSPS) is 10.6. The number of rotatable bonds is 7. The van der Waals surface area contributed by atoms with Gasteiger partial charge in [-0.05, 0) is 28.4 Å². The third kappa shape index (κ3) is 5.33. The minimum Gasteiger partial charge on any atom is -0.477 e. The van der Waals surface area contributed by atoms with E-state index in [0.29, 0.717) is 18.5 Å². The first-order valence-electron chi connectivity index (χ1n) is 5.75. The molecular weight excluding hydrogens is 280 g/mol. The third-order valence-corrected chi connectivity index (χ3v) is 2.59. The number of hydrogen-bond acceptors (Lipinski definition) is 3. The molecule has 0 saturated carbocycles. The largest absolute Gasteiger partial charge is 0.477 e. The zero-order valence-electron chi connectivity index (χ0n) is 10.4. The Kier molecular flexibility index (Phi) is 6.22. The minimum absolute atomic E-state index is 0.440. The predicted octanol–water partition coefficient (Wildman–Crippen LogP) is 3.30. The lowest BCUT2D eigenvalue weighted by atomic mass is 10.2. The van der Waals surface area contributed by atoms with Crippen molar-refractivity contribution in [1.29, 1.82) is 0 Å². The maximum absolute atomic E-state index is 5.62. The standard InChI is InChI=1S/C13H19BrN2O/c1-4-5-6-17-13-11(8-15-10(2)3)7-12(14)9-16-13/h4,7,9-10,15H,1,5-6,8H2,2-3H3. The fraction of sp³-hybridized carbons (Fsp3) is 0.462. The Bertz CT molecular complexity index is 366. The molecule has 1 rings (SSSR count). The van der Waals surface area contributed by atoms with Gasteiger partial charge in [0.15, 0.2) is 0 Å². The van der Waals surface area contributed by atoms with Crippen molar-refractivity contribution in [1.82, 2.24) is 10.3 Å². The SMILES string of the molecule is C=CCCOc1ncc(Br)cc1CNC(C)C. The average molecular weight is 299 g/mol. The fourth-order valence-electron chi connectivity index (χ4n) is 1.28. The summed E-state index contributed by atoms with van der Waals surface area (Å²) >= 11 is 3.42. The average Bonchev–Trinajstić information content (AvgIpc) is 2.29. The van der Waals surface area contributed by atoms with Gasteiger partial charge < -0.3 is 10.1 Å². The van der Waals surface area contributed by atoms with Crippen LogP contribution in [0.2, 0.25) is 0 Å². The Hall–Kier alpha value is -0.870. The monoisotopic (exact) mass is 298 g/mol. The summed E-state index contributed by atoms with van der Waals surface area (Å²) in [6, 6.07) is 2.47. The molecule has 0 bridgehead atoms. The van der Waals surface area contributed by atoms with Crippen LogP contribution in [0.15, 0.2) is 29.4 Å². The highest BCUT2D eigenvalue weighted by molar-refractivity contribution is 9.10. The first-order chi connectivity index (χ1) is 8.13. The van der Waals surface area contributed by atoms with E-state index in [1.807, 2.05) is 12.1 Å². The van der Waals surface area contributed by atoms with Crippen molar-refractivity contribution in [2.45, 2.75) is 32.9 Å². The van der Waals surface area contributed by atoms with Crippen molar-refractivity contribution in [2.75, 3.05) is 6.61 Å². The first-order valence-corrected chi connectivity index (χ1v) is 6.54. The van der Waals surface area contributed by atoms with E-state index in [2.05, 4.69) is 46.7 Å². The second-order valence-corrected chi connectivity index (χ2v) is 4.99. The summed E-state index contributed by atoms with van der Waals surface area (Å²) in [5.41, 5.74) is 1.07. The summed E-state index contributed by atoms with van der Waals surface area (Å²) in [6.07, 6.45) is 4.42. The van der Waals surface area contributed by atoms with E-state index in [1.54, 1.807) is 6.20 Å². The van der Waals surface area contributed by atoms with Gasteiger partial charge in [-0.1, -0.05) is 19.9 Å². The molecule has 3 nitrogen and oxygen atoms in total. The van der Waals surface area contributed by atoms with Crippen LogP contribution in [-0.2, 0) is 6.54 Å². The number of pyridine rings is 1. The molecule has 0 radical (unpaired) electrons. The lowest BCUT2D eigenvalue weighted by molar-refractivity contribution is 0.307. The van der Waals surface area contributed by atoms with Crippen LogP contribution in [0.5, 0.6) is 5.88 Å². The highest BCUT2D eigenvalue weighted by Gasteiger charge is 2.06. The highest BCUT2D eigenvalue weighted by atomic mass is 79.9. The summed E-state index contributed by atoms with van der Waals surface area (Å²) in [5.74, 6) is 0.697. The van der Waals surface area contributed by atoms with Gasteiger partial charge in [0.05, 0.1) is 6.61 Å².